The lowest BCUT2D eigenvalue weighted by atomic mass is 10.0. The average molecular weight is 762 g/mol. The van der Waals surface area contributed by atoms with Crippen LogP contribution in [0.25, 0.3) is 0 Å². The van der Waals surface area contributed by atoms with Crippen LogP contribution >= 0.6 is 0 Å². The first-order chi connectivity index (χ1) is 25.0. The Balaban J connectivity index is 6.11. The lowest BCUT2D eigenvalue weighted by molar-refractivity contribution is -0.556. The zero-order valence-electron chi connectivity index (χ0n) is 31.3. The molecule has 4 amide bonds. The monoisotopic (exact) mass is 761 g/mol. The van der Waals surface area contributed by atoms with E-state index in [1.165, 1.54) is 20.4 Å². The molecule has 7 atom stereocenters. The summed E-state index contributed by atoms with van der Waals surface area (Å²) in [7, 11) is 1.47. The van der Waals surface area contributed by atoms with Crippen molar-refractivity contribution in [1.29, 1.82) is 0 Å². The standard InChI is InChI=1S/C33H59N7O13/c1-6-7-8-9-10-11-12-13-14-17-24(43)36-28(29(45)32(48)49)31(47)38-27(30(46)37-26(20(2)41)21(3)42)22(4)53-33(50)23(35-25(44)19-34-5)16-15-18-40(52)39-51/h20,22-23,26-29,34,41,45,51H,6-19H2,1-5H3,(H,35,44)(H,36,43)(H,37,46)(H,38,47)(H,48,49). The predicted molar refractivity (Wildman–Crippen MR) is 187 cm³/mol. The lowest BCUT2D eigenvalue weighted by Gasteiger charge is -2.30. The van der Waals surface area contributed by atoms with E-state index in [2.05, 4.69) is 38.8 Å². The second kappa shape index (κ2) is 27.2. The van der Waals surface area contributed by atoms with Crippen molar-refractivity contribution in [2.75, 3.05) is 20.1 Å². The van der Waals surface area contributed by atoms with Gasteiger partial charge in [0.2, 0.25) is 23.6 Å². The highest BCUT2D eigenvalue weighted by Crippen LogP contribution is 2.12. The highest BCUT2D eigenvalue weighted by atomic mass is 16.6. The summed E-state index contributed by atoms with van der Waals surface area (Å²) < 4.78 is 5.42. The second-order valence-corrected chi connectivity index (χ2v) is 12.8. The molecule has 0 aliphatic carbocycles. The molecular weight excluding hydrogens is 702 g/mol. The number of hydrogen-bond acceptors (Lipinski definition) is 13. The van der Waals surface area contributed by atoms with Crippen LogP contribution in [0.4, 0.5) is 0 Å². The first-order valence-electron chi connectivity index (χ1n) is 17.9. The van der Waals surface area contributed by atoms with E-state index >= 15 is 0 Å². The Bertz CT molecular complexity index is 1220. The van der Waals surface area contributed by atoms with E-state index in [-0.39, 0.29) is 37.2 Å². The summed E-state index contributed by atoms with van der Waals surface area (Å²) in [6, 6.07) is -6.92. The number of aliphatic carboxylic acids is 1. The Kier molecular flexibility index (Phi) is 24.9. The number of likely N-dealkylation sites (N-methyl/N-ethyl adjacent to an activating group) is 1. The van der Waals surface area contributed by atoms with Gasteiger partial charge in [-0.15, -0.1) is 0 Å². The Labute approximate surface area is 309 Å². The molecule has 20 nitrogen and oxygen atoms in total. The number of amides is 4. The smallest absolute Gasteiger partial charge is 0.335 e. The molecule has 0 aliphatic rings. The number of ketones is 1. The van der Waals surface area contributed by atoms with Gasteiger partial charge in [0.15, 0.2) is 23.7 Å². The Morgan fingerprint density at radius 1 is 0.774 bits per heavy atom. The van der Waals surface area contributed by atoms with Crippen molar-refractivity contribution in [2.24, 2.45) is 5.28 Å². The molecule has 20 heteroatoms. The van der Waals surface area contributed by atoms with Crippen LogP contribution in [-0.4, -0.2) is 129 Å². The molecule has 53 heavy (non-hydrogen) atoms. The van der Waals surface area contributed by atoms with Crippen molar-refractivity contribution in [3.63, 3.8) is 0 Å². The number of nitrogens with zero attached hydrogens (tertiary/aromatic N) is 2. The fourth-order valence-corrected chi connectivity index (χ4v) is 5.18. The number of carboxylic acid groups (broad SMARTS) is 1. The van der Waals surface area contributed by atoms with Gasteiger partial charge in [-0.2, -0.15) is 0 Å². The number of aliphatic hydroxyl groups excluding tert-OH is 2. The SMILES string of the molecule is CCCCCCCCCCCC(=O)NC(C(=O)NC(C(=O)NC(C(C)=O)C(C)O)C(C)OC(=O)C(CCC[N+]([O-])=NO)NC(=O)CNC)C(O)C(=O)O. The molecule has 0 heterocycles. The van der Waals surface area contributed by atoms with E-state index in [0.29, 0.717) is 12.8 Å². The molecule has 304 valence electrons. The van der Waals surface area contributed by atoms with Crippen LogP contribution in [0, 0.1) is 5.21 Å². The van der Waals surface area contributed by atoms with Crippen LogP contribution in [0.15, 0.2) is 5.28 Å². The summed E-state index contributed by atoms with van der Waals surface area (Å²) in [6.45, 7) is 4.97. The average Bonchev–Trinajstić information content (AvgIpc) is 3.09. The molecule has 0 fully saturated rings. The van der Waals surface area contributed by atoms with Gasteiger partial charge in [0.1, 0.15) is 30.3 Å². The zero-order valence-corrected chi connectivity index (χ0v) is 31.3. The summed E-state index contributed by atoms with van der Waals surface area (Å²) in [6.07, 6.45) is 2.79. The summed E-state index contributed by atoms with van der Waals surface area (Å²) in [5.41, 5.74) is 0. The highest BCUT2D eigenvalue weighted by molar-refractivity contribution is 5.97. The Hall–Kier alpha value is -4.43. The van der Waals surface area contributed by atoms with Crippen LogP contribution in [0.1, 0.15) is 105 Å². The van der Waals surface area contributed by atoms with E-state index < -0.39 is 83.8 Å². The molecule has 7 unspecified atom stereocenters. The molecule has 0 spiro atoms. The van der Waals surface area contributed by atoms with E-state index in [9.17, 15) is 54.1 Å². The minimum atomic E-state index is -2.47. The van der Waals surface area contributed by atoms with Gasteiger partial charge in [0.25, 0.3) is 0 Å². The molecule has 0 saturated carbocycles. The summed E-state index contributed by atoms with van der Waals surface area (Å²) in [4.78, 5) is 89.0. The van der Waals surface area contributed by atoms with Crippen LogP contribution in [0.5, 0.6) is 0 Å². The molecular formula is C33H59N7O13. The minimum absolute atomic E-state index is 0.0683. The number of aliphatic hydroxyl groups is 2. The predicted octanol–water partition coefficient (Wildman–Crippen LogP) is -0.455. The number of hydroxylamine groups is 1. The molecule has 0 rings (SSSR count). The van der Waals surface area contributed by atoms with Gasteiger partial charge in [-0.1, -0.05) is 63.2 Å². The third-order valence-corrected chi connectivity index (χ3v) is 8.14. The largest absolute Gasteiger partial charge is 0.597 e. The zero-order chi connectivity index (χ0) is 40.5. The Morgan fingerprint density at radius 3 is 1.83 bits per heavy atom. The molecule has 0 saturated heterocycles. The van der Waals surface area contributed by atoms with Crippen molar-refractivity contribution >= 4 is 41.4 Å². The molecule has 0 aliphatic heterocycles. The van der Waals surface area contributed by atoms with Gasteiger partial charge in [-0.05, 0) is 40.7 Å². The van der Waals surface area contributed by atoms with Crippen molar-refractivity contribution < 1.29 is 63.7 Å². The number of unbranched alkanes of at least 4 members (excludes halogenated alkanes) is 8. The van der Waals surface area contributed by atoms with Crippen molar-refractivity contribution in [3.05, 3.63) is 5.21 Å². The number of carbonyl (C=O) groups excluding carboxylic acids is 6. The van der Waals surface area contributed by atoms with Crippen LogP contribution in [0.2, 0.25) is 0 Å². The third-order valence-electron chi connectivity index (χ3n) is 8.14. The fraction of sp³-hybridized carbons (Fsp3) is 0.788. The van der Waals surface area contributed by atoms with Gasteiger partial charge in [0.05, 0.1) is 12.6 Å². The number of hydrogen-bond donors (Lipinski definition) is 9. The van der Waals surface area contributed by atoms with Crippen LogP contribution in [-0.2, 0) is 38.3 Å². The van der Waals surface area contributed by atoms with E-state index in [1.54, 1.807) is 0 Å². The minimum Gasteiger partial charge on any atom is -0.597 e. The normalized spacial score (nSPS) is 15.4. The highest BCUT2D eigenvalue weighted by Gasteiger charge is 2.39. The number of nitrogens with one attached hydrogen (secondary N) is 5. The summed E-state index contributed by atoms with van der Waals surface area (Å²) >= 11 is 0. The molecule has 0 aromatic carbocycles. The van der Waals surface area contributed by atoms with E-state index in [1.807, 2.05) is 0 Å². The second-order valence-electron chi connectivity index (χ2n) is 12.8. The number of carbonyl (C=O) groups is 7. The first kappa shape index (κ1) is 48.6. The lowest BCUT2D eigenvalue weighted by Crippen LogP contribution is -2.63. The van der Waals surface area contributed by atoms with Gasteiger partial charge >= 0.3 is 11.9 Å². The summed E-state index contributed by atoms with van der Waals surface area (Å²) in [5.74, 6) is -7.62. The molecule has 0 aromatic heterocycles. The van der Waals surface area contributed by atoms with Gasteiger partial charge in [-0.3, -0.25) is 24.0 Å². The summed E-state index contributed by atoms with van der Waals surface area (Å²) in [5, 5.41) is 63.9. The van der Waals surface area contributed by atoms with Gasteiger partial charge < -0.3 is 57.1 Å². The van der Waals surface area contributed by atoms with Crippen molar-refractivity contribution in [2.45, 2.75) is 147 Å². The Morgan fingerprint density at radius 2 is 1.32 bits per heavy atom. The number of rotatable bonds is 29. The van der Waals surface area contributed by atoms with Gasteiger partial charge in [-0.25, -0.2) is 9.59 Å². The third kappa shape index (κ3) is 20.4. The number of carboxylic acids is 1. The topological polar surface area (TPSA) is 308 Å². The molecule has 9 N–H and O–H groups in total. The molecule has 0 aromatic rings. The number of ether oxygens (including phenoxy) is 1. The molecule has 0 radical (unpaired) electrons. The van der Waals surface area contributed by atoms with Gasteiger partial charge in [0, 0.05) is 12.8 Å². The van der Waals surface area contributed by atoms with Crippen LogP contribution < -0.4 is 26.6 Å². The van der Waals surface area contributed by atoms with E-state index in [0.717, 1.165) is 52.4 Å². The maximum Gasteiger partial charge on any atom is 0.335 e. The van der Waals surface area contributed by atoms with Crippen molar-refractivity contribution in [3.8, 4) is 0 Å². The maximum atomic E-state index is 13.5. The first-order valence-corrected chi connectivity index (χ1v) is 17.9. The number of Topliss-reactive ketones (excluding diaryl/α,β-unsaturated/α-hetero) is 1. The molecule has 0 bridgehead atoms. The quantitative estimate of drug-likeness (QED) is 0.0153. The van der Waals surface area contributed by atoms with Crippen molar-refractivity contribution in [1.82, 2.24) is 26.6 Å². The van der Waals surface area contributed by atoms with Crippen LogP contribution in [0.3, 0.4) is 0 Å². The van der Waals surface area contributed by atoms with E-state index in [4.69, 9.17) is 9.94 Å². The fourth-order valence-electron chi connectivity index (χ4n) is 5.18. The number of esters is 1. The maximum absolute atomic E-state index is 13.5.